The average Bonchev–Trinajstić information content (AvgIpc) is 4.18. The molecule has 0 spiro atoms. The van der Waals surface area contributed by atoms with E-state index in [4.69, 9.17) is 29.0 Å². The van der Waals surface area contributed by atoms with Crippen molar-refractivity contribution in [1.82, 2.24) is 20.4 Å². The van der Waals surface area contributed by atoms with Crippen molar-refractivity contribution < 1.29 is 47.4 Å². The number of carbonyl (C=O) groups is 2. The number of aromatic amines is 2. The predicted octanol–water partition coefficient (Wildman–Crippen LogP) is 7.19. The Balaban J connectivity index is 0.000000134. The van der Waals surface area contributed by atoms with Crippen molar-refractivity contribution >= 4 is 63.7 Å². The number of amides is 2. The normalized spacial score (nSPS) is 19.9. The molecule has 0 radical (unpaired) electrons. The number of aromatic nitrogens is 4. The molecule has 0 saturated carbocycles. The minimum atomic E-state index is -0.806. The number of rotatable bonds is 8. The van der Waals surface area contributed by atoms with Crippen molar-refractivity contribution in [3.05, 3.63) is 136 Å². The van der Waals surface area contributed by atoms with E-state index in [1.54, 1.807) is 36.7 Å². The molecule has 20 heteroatoms. The second-order valence-corrected chi connectivity index (χ2v) is 19.0. The Morgan fingerprint density at radius 2 is 1.16 bits per heavy atom. The second kappa shape index (κ2) is 19.0. The van der Waals surface area contributed by atoms with Gasteiger partial charge in [-0.3, -0.25) is 20.0 Å². The fourth-order valence-electron chi connectivity index (χ4n) is 8.52. The van der Waals surface area contributed by atoms with Crippen LogP contribution in [-0.2, 0) is 45.0 Å². The minimum Gasteiger partial charge on any atom is -0.441 e. The van der Waals surface area contributed by atoms with Crippen LogP contribution in [0.2, 0.25) is 0 Å². The predicted molar refractivity (Wildman–Crippen MR) is 254 cm³/mol. The van der Waals surface area contributed by atoms with Crippen LogP contribution < -0.4 is 25.1 Å². The fraction of sp³-hybridized carbons (Fsp3) is 0.333. The van der Waals surface area contributed by atoms with E-state index in [-0.39, 0.29) is 31.8 Å². The molecule has 5 aliphatic heterocycles. The summed E-state index contributed by atoms with van der Waals surface area (Å²) in [6, 6.07) is 25.5. The lowest BCUT2D eigenvalue weighted by atomic mass is 9.78. The largest absolute Gasteiger partial charge is 0.497 e. The molecule has 4 aromatic carbocycles. The molecule has 11 rings (SSSR count). The van der Waals surface area contributed by atoms with E-state index in [0.717, 1.165) is 53.4 Å². The van der Waals surface area contributed by atoms with Crippen molar-refractivity contribution in [2.75, 3.05) is 45.9 Å². The standard InChI is InChI=1S/C21H19FN4O3.C16H21BFNO5.C11H10BrN3/c22-19-8-16(26-11-17(12-27)29-21(26)28)3-4-18(19)13-1-2-14-9-25(10-15(14)7-13)20-5-6-23-24-20;1-15(2)16(3,4)24-17(23-15)12-6-5-10(7-13(12)18)19-8-11(9-20)22-14(19)21;12-10-2-1-8-6-15(7-9(8)5-10)11-3-4-13-14-11/h1-8,17,27H,9-12H2,(H,23,24);5-7,11,20H,8-9H2,1-4H3;1-5H,6-7H2,(H,13,14)/t17-;;/m1../s1. The summed E-state index contributed by atoms with van der Waals surface area (Å²) in [7, 11) is -0.806. The molecule has 354 valence electrons. The van der Waals surface area contributed by atoms with Gasteiger partial charge in [0.1, 0.15) is 35.5 Å². The van der Waals surface area contributed by atoms with E-state index in [0.29, 0.717) is 16.9 Å². The van der Waals surface area contributed by atoms with E-state index >= 15 is 0 Å². The number of ether oxygens (including phenoxy) is 2. The number of halogens is 3. The monoisotopic (exact) mass is 994 g/mol. The molecule has 7 heterocycles. The number of hydrogen-bond acceptors (Lipinski definition) is 12. The molecule has 3 saturated heterocycles. The summed E-state index contributed by atoms with van der Waals surface area (Å²) in [5.41, 5.74) is 6.35. The summed E-state index contributed by atoms with van der Waals surface area (Å²) in [5.74, 6) is 1.11. The number of fused-ring (bicyclic) bond motifs is 2. The van der Waals surface area contributed by atoms with Crippen molar-refractivity contribution in [2.45, 2.75) is 77.3 Å². The lowest BCUT2D eigenvalue weighted by Crippen LogP contribution is -2.41. The summed E-state index contributed by atoms with van der Waals surface area (Å²) < 4.78 is 52.3. The van der Waals surface area contributed by atoms with E-state index in [2.05, 4.69) is 64.3 Å². The van der Waals surface area contributed by atoms with Crippen LogP contribution in [-0.4, -0.2) is 99.6 Å². The highest BCUT2D eigenvalue weighted by molar-refractivity contribution is 9.10. The smallest absolute Gasteiger partial charge is 0.441 e. The third kappa shape index (κ3) is 9.55. The Labute approximate surface area is 400 Å². The summed E-state index contributed by atoms with van der Waals surface area (Å²) in [4.78, 5) is 30.8. The zero-order valence-electron chi connectivity index (χ0n) is 37.8. The topological polar surface area (TPSA) is 182 Å². The van der Waals surface area contributed by atoms with Gasteiger partial charge >= 0.3 is 19.3 Å². The zero-order chi connectivity index (χ0) is 47.9. The molecule has 4 N–H and O–H groups in total. The number of H-pyrrole nitrogens is 2. The van der Waals surface area contributed by atoms with Crippen molar-refractivity contribution in [3.8, 4) is 11.1 Å². The van der Waals surface area contributed by atoms with Crippen LogP contribution in [0.5, 0.6) is 0 Å². The lowest BCUT2D eigenvalue weighted by molar-refractivity contribution is 0.00578. The van der Waals surface area contributed by atoms with E-state index in [1.165, 1.54) is 38.6 Å². The Kier molecular flexibility index (Phi) is 13.1. The van der Waals surface area contributed by atoms with Crippen molar-refractivity contribution in [3.63, 3.8) is 0 Å². The molecule has 1 unspecified atom stereocenters. The summed E-state index contributed by atoms with van der Waals surface area (Å²) in [5, 5.41) is 32.2. The van der Waals surface area contributed by atoms with Gasteiger partial charge < -0.3 is 38.8 Å². The van der Waals surface area contributed by atoms with Gasteiger partial charge in [-0.05, 0) is 104 Å². The first-order chi connectivity index (χ1) is 32.6. The maximum Gasteiger partial charge on any atom is 0.497 e. The molecule has 16 nitrogen and oxygen atoms in total. The van der Waals surface area contributed by atoms with Gasteiger partial charge in [0.25, 0.3) is 0 Å². The Hall–Kier alpha value is -6.32. The number of benzene rings is 4. The number of carbonyl (C=O) groups excluding carboxylic acids is 2. The van der Waals surface area contributed by atoms with Crippen LogP contribution in [0.4, 0.5) is 41.4 Å². The van der Waals surface area contributed by atoms with Crippen LogP contribution in [0.3, 0.4) is 0 Å². The van der Waals surface area contributed by atoms with Gasteiger partial charge in [-0.25, -0.2) is 18.4 Å². The molecule has 0 aliphatic carbocycles. The molecule has 0 bridgehead atoms. The highest BCUT2D eigenvalue weighted by Gasteiger charge is 2.52. The lowest BCUT2D eigenvalue weighted by Gasteiger charge is -2.32. The number of hydrogen-bond donors (Lipinski definition) is 4. The molecule has 68 heavy (non-hydrogen) atoms. The first-order valence-electron chi connectivity index (χ1n) is 22.1. The first kappa shape index (κ1) is 46.8. The van der Waals surface area contributed by atoms with Crippen LogP contribution >= 0.6 is 15.9 Å². The molecule has 2 atom stereocenters. The molecule has 2 aromatic heterocycles. The molecule has 2 amide bonds. The van der Waals surface area contributed by atoms with Gasteiger partial charge in [0.05, 0.1) is 61.3 Å². The molecule has 6 aromatic rings. The molecular weight excluding hydrogens is 945 g/mol. The number of cyclic esters (lactones) is 2. The van der Waals surface area contributed by atoms with Crippen LogP contribution in [0, 0.1) is 11.6 Å². The zero-order valence-corrected chi connectivity index (χ0v) is 39.4. The van der Waals surface area contributed by atoms with Crippen LogP contribution in [0.25, 0.3) is 11.1 Å². The maximum atomic E-state index is 14.9. The van der Waals surface area contributed by atoms with Gasteiger partial charge in [0.15, 0.2) is 0 Å². The average molecular weight is 996 g/mol. The molecule has 5 aliphatic rings. The Morgan fingerprint density at radius 3 is 1.65 bits per heavy atom. The fourth-order valence-corrected chi connectivity index (χ4v) is 8.93. The third-order valence-electron chi connectivity index (χ3n) is 13.0. The summed E-state index contributed by atoms with van der Waals surface area (Å²) in [6.07, 6.45) is 1.15. The van der Waals surface area contributed by atoms with E-state index in [1.807, 2.05) is 58.0 Å². The highest BCUT2D eigenvalue weighted by Crippen LogP contribution is 2.38. The molecule has 3 fully saturated rings. The number of anilines is 4. The van der Waals surface area contributed by atoms with Gasteiger partial charge in [-0.1, -0.05) is 40.2 Å². The minimum absolute atomic E-state index is 0.185. The third-order valence-corrected chi connectivity index (χ3v) is 13.5. The molecular formula is C48H50BBrF2N8O8. The van der Waals surface area contributed by atoms with Crippen molar-refractivity contribution in [2.24, 2.45) is 0 Å². The SMILES string of the molecule is Brc1ccc2c(c1)CN(c1ccn[nH]1)C2.CC1(C)OB(c2ccc(N3CC(CO)OC3=O)cc2F)OC1(C)C.O=C1O[C@@H](CO)CN1c1ccc(-c2ccc3c(c2)CN(c2ccn[nH]2)C3)c(F)c1. The van der Waals surface area contributed by atoms with Crippen LogP contribution in [0.15, 0.2) is 102 Å². The maximum absolute atomic E-state index is 14.9. The van der Waals surface area contributed by atoms with Gasteiger partial charge in [-0.2, -0.15) is 10.2 Å². The van der Waals surface area contributed by atoms with E-state index < -0.39 is 54.3 Å². The Morgan fingerprint density at radius 1 is 0.662 bits per heavy atom. The van der Waals surface area contributed by atoms with Gasteiger partial charge in [0, 0.05) is 53.8 Å². The van der Waals surface area contributed by atoms with Crippen LogP contribution in [0.1, 0.15) is 49.9 Å². The second-order valence-electron chi connectivity index (χ2n) is 18.0. The number of aliphatic hydroxyl groups excluding tert-OH is 2. The number of nitrogens with one attached hydrogen (secondary N) is 2. The first-order valence-corrected chi connectivity index (χ1v) is 22.9. The quantitative estimate of drug-likeness (QED) is 0.113. The van der Waals surface area contributed by atoms with E-state index in [9.17, 15) is 18.4 Å². The summed E-state index contributed by atoms with van der Waals surface area (Å²) >= 11 is 3.49. The van der Waals surface area contributed by atoms with Gasteiger partial charge in [-0.15, -0.1) is 0 Å². The Bertz CT molecular complexity index is 2790. The van der Waals surface area contributed by atoms with Gasteiger partial charge in [0.2, 0.25) is 0 Å². The van der Waals surface area contributed by atoms with Crippen molar-refractivity contribution in [1.29, 1.82) is 0 Å². The highest BCUT2D eigenvalue weighted by atomic mass is 79.9. The summed E-state index contributed by atoms with van der Waals surface area (Å²) in [6.45, 7) is 10.9. The number of aliphatic hydroxyl groups is 2. The number of nitrogens with zero attached hydrogens (tertiary/aromatic N) is 6.